The van der Waals surface area contributed by atoms with Crippen LogP contribution in [0.4, 0.5) is 0 Å². The van der Waals surface area contributed by atoms with Crippen molar-refractivity contribution in [2.24, 2.45) is 0 Å². The largest absolute Gasteiger partial charge is 0.374 e. The fourth-order valence-electron chi connectivity index (χ4n) is 3.37. The number of rotatable bonds is 2. The molecule has 0 amide bonds. The number of aliphatic hydroxyl groups is 2. The molecule has 0 saturated heterocycles. The maximum Gasteiger partial charge on any atom is 0.148 e. The number of hydrogen-bond acceptors (Lipinski definition) is 2. The fraction of sp³-hybridized carbons (Fsp3) is 0.154. The summed E-state index contributed by atoms with van der Waals surface area (Å²) < 4.78 is 0. The van der Waals surface area contributed by atoms with Crippen LogP contribution in [0.25, 0.3) is 21.5 Å². The third kappa shape index (κ3) is 3.51. The highest BCUT2D eigenvalue weighted by Crippen LogP contribution is 2.27. The van der Waals surface area contributed by atoms with Crippen LogP contribution < -0.4 is 0 Å². The van der Waals surface area contributed by atoms with Crippen LogP contribution in [0.5, 0.6) is 0 Å². The minimum absolute atomic E-state index is 0.702. The van der Waals surface area contributed by atoms with Gasteiger partial charge in [-0.05, 0) is 58.7 Å². The molecular formula is C26H22O2. The standard InChI is InChI=1S/C26H22O2/c1-25(27,23-13-11-19-7-3-5-9-21(19)17-23)15-16-26(2,28)24-14-12-20-8-4-6-10-22(20)18-24/h3-14,17-18,27-28H,1-2H3. The van der Waals surface area contributed by atoms with Crippen LogP contribution in [0.15, 0.2) is 84.9 Å². The van der Waals surface area contributed by atoms with Gasteiger partial charge in [0.05, 0.1) is 0 Å². The topological polar surface area (TPSA) is 40.5 Å². The van der Waals surface area contributed by atoms with Crippen molar-refractivity contribution in [1.82, 2.24) is 0 Å². The zero-order chi connectivity index (χ0) is 19.8. The van der Waals surface area contributed by atoms with Gasteiger partial charge in [0.25, 0.3) is 0 Å². The molecule has 4 rings (SSSR count). The van der Waals surface area contributed by atoms with E-state index in [1.54, 1.807) is 13.8 Å². The van der Waals surface area contributed by atoms with Crippen LogP contribution in [0.2, 0.25) is 0 Å². The molecule has 0 radical (unpaired) electrons. The van der Waals surface area contributed by atoms with E-state index in [9.17, 15) is 10.2 Å². The van der Waals surface area contributed by atoms with Gasteiger partial charge in [0.2, 0.25) is 0 Å². The molecule has 0 saturated carbocycles. The first kappa shape index (κ1) is 18.3. The van der Waals surface area contributed by atoms with Crippen molar-refractivity contribution in [3.8, 4) is 11.8 Å². The lowest BCUT2D eigenvalue weighted by Gasteiger charge is -2.21. The van der Waals surface area contributed by atoms with Gasteiger partial charge in [-0.3, -0.25) is 0 Å². The number of hydrogen-bond donors (Lipinski definition) is 2. The molecule has 0 aromatic heterocycles. The van der Waals surface area contributed by atoms with E-state index in [0.29, 0.717) is 11.1 Å². The van der Waals surface area contributed by atoms with Crippen LogP contribution in [0.1, 0.15) is 25.0 Å². The Bertz CT molecular complexity index is 1130. The van der Waals surface area contributed by atoms with E-state index in [0.717, 1.165) is 21.5 Å². The van der Waals surface area contributed by atoms with E-state index in [1.165, 1.54) is 0 Å². The van der Waals surface area contributed by atoms with Crippen LogP contribution in [-0.4, -0.2) is 10.2 Å². The average molecular weight is 366 g/mol. The Morgan fingerprint density at radius 3 is 1.29 bits per heavy atom. The lowest BCUT2D eigenvalue weighted by atomic mass is 9.90. The normalized spacial score (nSPS) is 15.4. The predicted octanol–water partition coefficient (Wildman–Crippen LogP) is 5.11. The second-order valence-corrected chi connectivity index (χ2v) is 7.52. The van der Waals surface area contributed by atoms with Gasteiger partial charge in [-0.15, -0.1) is 0 Å². The minimum atomic E-state index is -1.37. The Balaban J connectivity index is 1.69. The summed E-state index contributed by atoms with van der Waals surface area (Å²) in [6, 6.07) is 27.6. The Morgan fingerprint density at radius 2 is 0.893 bits per heavy atom. The van der Waals surface area contributed by atoms with Crippen molar-refractivity contribution < 1.29 is 10.2 Å². The van der Waals surface area contributed by atoms with Gasteiger partial charge in [0, 0.05) is 0 Å². The van der Waals surface area contributed by atoms with Gasteiger partial charge in [-0.1, -0.05) is 84.6 Å². The zero-order valence-corrected chi connectivity index (χ0v) is 16.0. The van der Waals surface area contributed by atoms with Crippen LogP contribution in [0.3, 0.4) is 0 Å². The third-order valence-electron chi connectivity index (χ3n) is 5.17. The van der Waals surface area contributed by atoms with E-state index in [4.69, 9.17) is 0 Å². The molecule has 2 atom stereocenters. The SMILES string of the molecule is CC(O)(C#CC(C)(O)c1ccc2ccccc2c1)c1ccc2ccccc2c1. The summed E-state index contributed by atoms with van der Waals surface area (Å²) in [5.41, 5.74) is -1.34. The number of fused-ring (bicyclic) bond motifs is 2. The van der Waals surface area contributed by atoms with Crippen molar-refractivity contribution in [2.75, 3.05) is 0 Å². The highest BCUT2D eigenvalue weighted by atomic mass is 16.3. The molecule has 2 N–H and O–H groups in total. The quantitative estimate of drug-likeness (QED) is 0.484. The maximum absolute atomic E-state index is 10.9. The molecule has 0 aliphatic carbocycles. The number of benzene rings is 4. The summed E-state index contributed by atoms with van der Waals surface area (Å²) >= 11 is 0. The lowest BCUT2D eigenvalue weighted by Crippen LogP contribution is -2.23. The molecule has 2 unspecified atom stereocenters. The Labute approximate surface area is 165 Å². The summed E-state index contributed by atoms with van der Waals surface area (Å²) in [5.74, 6) is 5.76. The van der Waals surface area contributed by atoms with E-state index in [1.807, 2.05) is 84.9 Å². The van der Waals surface area contributed by atoms with Gasteiger partial charge in [-0.2, -0.15) is 0 Å². The molecule has 0 aliphatic rings. The molecule has 0 aliphatic heterocycles. The molecule has 2 heteroatoms. The molecule has 2 nitrogen and oxygen atoms in total. The summed E-state index contributed by atoms with van der Waals surface area (Å²) in [6.45, 7) is 3.31. The predicted molar refractivity (Wildman–Crippen MR) is 115 cm³/mol. The summed E-state index contributed by atoms with van der Waals surface area (Å²) in [5, 5.41) is 26.2. The average Bonchev–Trinajstić information content (AvgIpc) is 2.72. The molecule has 138 valence electrons. The molecule has 0 bridgehead atoms. The molecule has 28 heavy (non-hydrogen) atoms. The molecule has 0 fully saturated rings. The van der Waals surface area contributed by atoms with Gasteiger partial charge in [0.15, 0.2) is 0 Å². The molecule has 0 heterocycles. The van der Waals surface area contributed by atoms with Gasteiger partial charge >= 0.3 is 0 Å². The summed E-state index contributed by atoms with van der Waals surface area (Å²) in [7, 11) is 0. The van der Waals surface area contributed by atoms with Crippen molar-refractivity contribution in [1.29, 1.82) is 0 Å². The van der Waals surface area contributed by atoms with Crippen LogP contribution in [-0.2, 0) is 11.2 Å². The minimum Gasteiger partial charge on any atom is -0.374 e. The van der Waals surface area contributed by atoms with Gasteiger partial charge in [0.1, 0.15) is 11.2 Å². The monoisotopic (exact) mass is 366 g/mol. The fourth-order valence-corrected chi connectivity index (χ4v) is 3.37. The molecule has 4 aromatic rings. The molecule has 4 aromatic carbocycles. The van der Waals surface area contributed by atoms with Crippen molar-refractivity contribution in [3.63, 3.8) is 0 Å². The Morgan fingerprint density at radius 1 is 0.536 bits per heavy atom. The third-order valence-corrected chi connectivity index (χ3v) is 5.17. The Hall–Kier alpha value is -3.12. The first-order chi connectivity index (χ1) is 13.4. The zero-order valence-electron chi connectivity index (χ0n) is 16.0. The van der Waals surface area contributed by atoms with Crippen molar-refractivity contribution in [3.05, 3.63) is 96.1 Å². The second-order valence-electron chi connectivity index (χ2n) is 7.52. The van der Waals surface area contributed by atoms with E-state index < -0.39 is 11.2 Å². The lowest BCUT2D eigenvalue weighted by molar-refractivity contribution is 0.110. The highest BCUT2D eigenvalue weighted by Gasteiger charge is 2.24. The van der Waals surface area contributed by atoms with Crippen LogP contribution in [0, 0.1) is 11.8 Å². The maximum atomic E-state index is 10.9. The Kier molecular flexibility index (Phi) is 4.43. The first-order valence-electron chi connectivity index (χ1n) is 9.33. The van der Waals surface area contributed by atoms with E-state index in [2.05, 4.69) is 11.8 Å². The smallest absolute Gasteiger partial charge is 0.148 e. The van der Waals surface area contributed by atoms with E-state index >= 15 is 0 Å². The summed E-state index contributed by atoms with van der Waals surface area (Å²) in [6.07, 6.45) is 0. The van der Waals surface area contributed by atoms with Crippen LogP contribution >= 0.6 is 0 Å². The summed E-state index contributed by atoms with van der Waals surface area (Å²) in [4.78, 5) is 0. The van der Waals surface area contributed by atoms with Gasteiger partial charge < -0.3 is 10.2 Å². The van der Waals surface area contributed by atoms with Crippen molar-refractivity contribution >= 4 is 21.5 Å². The first-order valence-corrected chi connectivity index (χ1v) is 9.33. The highest BCUT2D eigenvalue weighted by molar-refractivity contribution is 5.84. The molecule has 0 spiro atoms. The van der Waals surface area contributed by atoms with E-state index in [-0.39, 0.29) is 0 Å². The molecular weight excluding hydrogens is 344 g/mol. The second kappa shape index (κ2) is 6.80. The van der Waals surface area contributed by atoms with Crippen molar-refractivity contribution in [2.45, 2.75) is 25.0 Å². The van der Waals surface area contributed by atoms with Gasteiger partial charge in [-0.25, -0.2) is 0 Å².